The van der Waals surface area contributed by atoms with Gasteiger partial charge < -0.3 is 0 Å². The molecule has 0 amide bonds. The first-order valence-electron chi connectivity index (χ1n) is 10.2. The summed E-state index contributed by atoms with van der Waals surface area (Å²) < 4.78 is 40.9. The zero-order chi connectivity index (χ0) is 19.7. The molecule has 0 N–H and O–H groups in total. The number of halogens is 3. The van der Waals surface area contributed by atoms with Crippen molar-refractivity contribution in [2.75, 3.05) is 0 Å². The van der Waals surface area contributed by atoms with E-state index in [1.165, 1.54) is 50.2 Å². The van der Waals surface area contributed by atoms with Crippen LogP contribution >= 0.6 is 0 Å². The Morgan fingerprint density at radius 2 is 1.46 bits per heavy atom. The van der Waals surface area contributed by atoms with Gasteiger partial charge in [-0.2, -0.15) is 0 Å². The molecule has 3 aromatic carbocycles. The molecule has 146 valence electrons. The molecule has 0 unspecified atom stereocenters. The van der Waals surface area contributed by atoms with E-state index in [0.29, 0.717) is 11.3 Å². The number of fused-ring (bicyclic) bond motifs is 1. The quantitative estimate of drug-likeness (QED) is 0.401. The minimum absolute atomic E-state index is 0.100. The molecule has 1 aliphatic rings. The maximum Gasteiger partial charge on any atom is 0.195 e. The number of hydrogen-bond donors (Lipinski definition) is 0. The second-order valence-corrected chi connectivity index (χ2v) is 8.05. The molecule has 3 aromatic rings. The molecule has 0 aromatic heterocycles. The fourth-order valence-corrected chi connectivity index (χ4v) is 4.62. The van der Waals surface area contributed by atoms with E-state index in [9.17, 15) is 13.2 Å². The molecule has 3 heteroatoms. The summed E-state index contributed by atoms with van der Waals surface area (Å²) in [6.07, 6.45) is 7.76. The third kappa shape index (κ3) is 3.67. The average Bonchev–Trinajstić information content (AvgIpc) is 2.73. The molecule has 0 saturated heterocycles. The van der Waals surface area contributed by atoms with Gasteiger partial charge in [0.1, 0.15) is 0 Å². The van der Waals surface area contributed by atoms with E-state index in [4.69, 9.17) is 0 Å². The number of rotatable bonds is 4. The Morgan fingerprint density at radius 1 is 0.786 bits per heavy atom. The highest BCUT2D eigenvalue weighted by molar-refractivity contribution is 5.88. The van der Waals surface area contributed by atoms with E-state index >= 15 is 0 Å². The Morgan fingerprint density at radius 3 is 2.14 bits per heavy atom. The van der Waals surface area contributed by atoms with Crippen molar-refractivity contribution >= 4 is 10.8 Å². The van der Waals surface area contributed by atoms with Crippen LogP contribution in [0.2, 0.25) is 0 Å². The minimum atomic E-state index is -1.42. The van der Waals surface area contributed by atoms with E-state index < -0.39 is 17.5 Å². The topological polar surface area (TPSA) is 0 Å². The zero-order valence-corrected chi connectivity index (χ0v) is 16.2. The molecule has 0 radical (unpaired) electrons. The van der Waals surface area contributed by atoms with Crippen molar-refractivity contribution in [3.05, 3.63) is 71.5 Å². The fourth-order valence-electron chi connectivity index (χ4n) is 4.62. The summed E-state index contributed by atoms with van der Waals surface area (Å²) in [6, 6.07) is 14.5. The molecule has 4 rings (SSSR count). The first-order chi connectivity index (χ1) is 13.6. The third-order valence-corrected chi connectivity index (χ3v) is 6.23. The van der Waals surface area contributed by atoms with Crippen LogP contribution in [0.4, 0.5) is 13.2 Å². The SMILES string of the molecule is CCCC1CCC(c2ccc(-c3ccc4c(F)c(F)c(F)cc4c3)cc2)CC1. The lowest BCUT2D eigenvalue weighted by molar-refractivity contribution is 0.308. The third-order valence-electron chi connectivity index (χ3n) is 6.23. The van der Waals surface area contributed by atoms with Crippen LogP contribution < -0.4 is 0 Å². The molecule has 0 nitrogen and oxygen atoms in total. The largest absolute Gasteiger partial charge is 0.204 e. The second-order valence-electron chi connectivity index (χ2n) is 8.05. The van der Waals surface area contributed by atoms with Gasteiger partial charge in [-0.15, -0.1) is 0 Å². The zero-order valence-electron chi connectivity index (χ0n) is 16.2. The second kappa shape index (κ2) is 7.98. The van der Waals surface area contributed by atoms with Crippen molar-refractivity contribution < 1.29 is 13.2 Å². The molecule has 1 aliphatic carbocycles. The van der Waals surface area contributed by atoms with Gasteiger partial charge in [0.25, 0.3) is 0 Å². The lowest BCUT2D eigenvalue weighted by atomic mass is 9.77. The van der Waals surface area contributed by atoms with E-state index in [2.05, 4.69) is 31.2 Å². The summed E-state index contributed by atoms with van der Waals surface area (Å²) in [7, 11) is 0. The maximum absolute atomic E-state index is 13.9. The summed E-state index contributed by atoms with van der Waals surface area (Å²) in [5.74, 6) is -2.18. The van der Waals surface area contributed by atoms with Gasteiger partial charge >= 0.3 is 0 Å². The highest BCUT2D eigenvalue weighted by Crippen LogP contribution is 2.38. The first kappa shape index (κ1) is 19.0. The normalized spacial score (nSPS) is 19.9. The van der Waals surface area contributed by atoms with E-state index in [1.54, 1.807) is 12.1 Å². The van der Waals surface area contributed by atoms with Gasteiger partial charge in [-0.05, 0) is 71.7 Å². The smallest absolute Gasteiger partial charge is 0.195 e. The predicted molar refractivity (Wildman–Crippen MR) is 109 cm³/mol. The van der Waals surface area contributed by atoms with Gasteiger partial charge in [-0.25, -0.2) is 13.2 Å². The van der Waals surface area contributed by atoms with Gasteiger partial charge in [0.15, 0.2) is 17.5 Å². The van der Waals surface area contributed by atoms with Crippen LogP contribution in [0.3, 0.4) is 0 Å². The molecule has 0 bridgehead atoms. The molecule has 28 heavy (non-hydrogen) atoms. The summed E-state index contributed by atoms with van der Waals surface area (Å²) in [5, 5.41) is 0.468. The monoisotopic (exact) mass is 382 g/mol. The fraction of sp³-hybridized carbons (Fsp3) is 0.360. The van der Waals surface area contributed by atoms with Crippen molar-refractivity contribution in [3.8, 4) is 11.1 Å². The minimum Gasteiger partial charge on any atom is -0.204 e. The summed E-state index contributed by atoms with van der Waals surface area (Å²) in [6.45, 7) is 2.26. The van der Waals surface area contributed by atoms with Crippen molar-refractivity contribution in [1.82, 2.24) is 0 Å². The van der Waals surface area contributed by atoms with Gasteiger partial charge in [0.2, 0.25) is 0 Å². The molecule has 0 aliphatic heterocycles. The highest BCUT2D eigenvalue weighted by atomic mass is 19.2. The highest BCUT2D eigenvalue weighted by Gasteiger charge is 2.21. The van der Waals surface area contributed by atoms with Gasteiger partial charge in [-0.3, -0.25) is 0 Å². The lowest BCUT2D eigenvalue weighted by Gasteiger charge is -2.28. The Hall–Kier alpha value is -2.29. The van der Waals surface area contributed by atoms with Crippen molar-refractivity contribution in [3.63, 3.8) is 0 Å². The lowest BCUT2D eigenvalue weighted by Crippen LogP contribution is -2.13. The molecule has 1 saturated carbocycles. The van der Waals surface area contributed by atoms with Gasteiger partial charge in [0, 0.05) is 5.39 Å². The Bertz CT molecular complexity index is 967. The van der Waals surface area contributed by atoms with E-state index in [0.717, 1.165) is 23.1 Å². The van der Waals surface area contributed by atoms with E-state index in [1.807, 2.05) is 0 Å². The maximum atomic E-state index is 13.9. The Balaban J connectivity index is 1.55. The molecular weight excluding hydrogens is 357 g/mol. The standard InChI is InChI=1S/C25H25F3/c1-2-3-16-4-6-17(7-5-16)18-8-10-19(11-9-18)20-12-13-22-21(14-20)15-23(26)25(28)24(22)27/h8-17H,2-7H2,1H3. The Kier molecular flexibility index (Phi) is 5.43. The average molecular weight is 382 g/mol. The van der Waals surface area contributed by atoms with Crippen LogP contribution in [0, 0.1) is 23.4 Å². The molecule has 0 heterocycles. The van der Waals surface area contributed by atoms with Crippen LogP contribution in [-0.2, 0) is 0 Å². The molecule has 0 spiro atoms. The predicted octanol–water partition coefficient (Wildman–Crippen LogP) is 8.00. The molecule has 0 atom stereocenters. The molecular formula is C25H25F3. The van der Waals surface area contributed by atoms with Crippen LogP contribution in [-0.4, -0.2) is 0 Å². The number of hydrogen-bond acceptors (Lipinski definition) is 0. The first-order valence-corrected chi connectivity index (χ1v) is 10.2. The van der Waals surface area contributed by atoms with Crippen LogP contribution in [0.5, 0.6) is 0 Å². The van der Waals surface area contributed by atoms with Gasteiger partial charge in [0.05, 0.1) is 0 Å². The van der Waals surface area contributed by atoms with Gasteiger partial charge in [-0.1, -0.05) is 56.2 Å². The summed E-state index contributed by atoms with van der Waals surface area (Å²) in [5.41, 5.74) is 3.24. The summed E-state index contributed by atoms with van der Waals surface area (Å²) >= 11 is 0. The van der Waals surface area contributed by atoms with Crippen LogP contribution in [0.25, 0.3) is 21.9 Å². The van der Waals surface area contributed by atoms with Crippen LogP contribution in [0.1, 0.15) is 56.9 Å². The van der Waals surface area contributed by atoms with Crippen molar-refractivity contribution in [2.45, 2.75) is 51.4 Å². The van der Waals surface area contributed by atoms with Crippen LogP contribution in [0.15, 0.2) is 48.5 Å². The molecule has 1 fully saturated rings. The van der Waals surface area contributed by atoms with Crippen molar-refractivity contribution in [1.29, 1.82) is 0 Å². The number of benzene rings is 3. The van der Waals surface area contributed by atoms with Crippen molar-refractivity contribution in [2.24, 2.45) is 5.92 Å². The Labute approximate surface area is 164 Å². The van der Waals surface area contributed by atoms with E-state index in [-0.39, 0.29) is 5.39 Å². The summed E-state index contributed by atoms with van der Waals surface area (Å²) in [4.78, 5) is 0.